The predicted molar refractivity (Wildman–Crippen MR) is 118 cm³/mol. The Balaban J connectivity index is 1.42. The van der Waals surface area contributed by atoms with Gasteiger partial charge in [-0.3, -0.25) is 14.9 Å². The number of nitrogens with zero attached hydrogens (tertiary/aromatic N) is 2. The summed E-state index contributed by atoms with van der Waals surface area (Å²) in [5.41, 5.74) is 4.28. The van der Waals surface area contributed by atoms with Gasteiger partial charge in [0.2, 0.25) is 11.0 Å². The van der Waals surface area contributed by atoms with E-state index in [1.54, 1.807) is 6.92 Å². The molecule has 0 aliphatic heterocycles. The van der Waals surface area contributed by atoms with Gasteiger partial charge in [-0.15, -0.1) is 0 Å². The summed E-state index contributed by atoms with van der Waals surface area (Å²) in [6.45, 7) is 1.71. The number of carboxylic acid groups (broad SMARTS) is 1. The number of carbonyl (C=O) groups excluding carboxylic acids is 2. The summed E-state index contributed by atoms with van der Waals surface area (Å²) in [5, 5.41) is 14.2. The highest BCUT2D eigenvalue weighted by atomic mass is 32.1. The van der Waals surface area contributed by atoms with Crippen LogP contribution in [0.2, 0.25) is 0 Å². The first kappa shape index (κ1) is 21.4. The molecule has 32 heavy (non-hydrogen) atoms. The maximum absolute atomic E-state index is 12.5. The van der Waals surface area contributed by atoms with Gasteiger partial charge in [0.1, 0.15) is 18.5 Å². The van der Waals surface area contributed by atoms with E-state index in [0.29, 0.717) is 5.82 Å². The van der Waals surface area contributed by atoms with E-state index >= 15 is 0 Å². The highest BCUT2D eigenvalue weighted by molar-refractivity contribution is 7.09. The standard InChI is InChI=1S/C22H20N4O5S/c1-12-23-21(32-26-12)25-20(29)18(10-19(27)28)24-22(30)31-11-17-15-8-4-2-6-13(15)14-7-3-5-9-16(14)17/h2-9,17-18H,10-11H2,1H3,(H,24,30)(H,27,28)(H,23,25,26,29). The Morgan fingerprint density at radius 1 is 1.09 bits per heavy atom. The van der Waals surface area contributed by atoms with Gasteiger partial charge < -0.3 is 15.2 Å². The largest absolute Gasteiger partial charge is 0.481 e. The minimum Gasteiger partial charge on any atom is -0.481 e. The fourth-order valence-corrected chi connectivity index (χ4v) is 4.29. The molecule has 2 aromatic carbocycles. The summed E-state index contributed by atoms with van der Waals surface area (Å²) >= 11 is 0.963. The number of aliphatic carboxylic acids is 1. The van der Waals surface area contributed by atoms with Crippen molar-refractivity contribution in [3.8, 4) is 11.1 Å². The zero-order chi connectivity index (χ0) is 22.7. The Morgan fingerprint density at radius 3 is 2.28 bits per heavy atom. The Labute approximate surface area is 187 Å². The van der Waals surface area contributed by atoms with E-state index in [-0.39, 0.29) is 17.7 Å². The summed E-state index contributed by atoms with van der Waals surface area (Å²) in [5.74, 6) is -1.62. The molecule has 164 valence electrons. The molecule has 0 fully saturated rings. The minimum atomic E-state index is -1.33. The molecule has 0 bridgehead atoms. The van der Waals surface area contributed by atoms with Crippen LogP contribution in [-0.2, 0) is 14.3 Å². The van der Waals surface area contributed by atoms with Gasteiger partial charge in [0.15, 0.2) is 0 Å². The molecule has 1 aliphatic rings. The summed E-state index contributed by atoms with van der Waals surface area (Å²) in [4.78, 5) is 40.1. The predicted octanol–water partition coefficient (Wildman–Crippen LogP) is 3.17. The highest BCUT2D eigenvalue weighted by Gasteiger charge is 2.30. The second-order valence-electron chi connectivity index (χ2n) is 7.26. The molecule has 4 rings (SSSR count). The third-order valence-corrected chi connectivity index (χ3v) is 5.81. The lowest BCUT2D eigenvalue weighted by Gasteiger charge is -2.18. The van der Waals surface area contributed by atoms with Crippen molar-refractivity contribution in [3.05, 3.63) is 65.5 Å². The van der Waals surface area contributed by atoms with Crippen LogP contribution in [0.5, 0.6) is 0 Å². The molecule has 1 aliphatic carbocycles. The number of benzene rings is 2. The van der Waals surface area contributed by atoms with Crippen LogP contribution >= 0.6 is 11.5 Å². The molecule has 3 aromatic rings. The average molecular weight is 452 g/mol. The third kappa shape index (κ3) is 4.59. The minimum absolute atomic E-state index is 0.0524. The fraction of sp³-hybridized carbons (Fsp3) is 0.227. The van der Waals surface area contributed by atoms with E-state index in [4.69, 9.17) is 9.84 Å². The van der Waals surface area contributed by atoms with Crippen LogP contribution < -0.4 is 10.6 Å². The molecule has 0 saturated carbocycles. The third-order valence-electron chi connectivity index (χ3n) is 5.09. The Hall–Kier alpha value is -3.79. The van der Waals surface area contributed by atoms with Crippen molar-refractivity contribution in [2.75, 3.05) is 11.9 Å². The number of aryl methyl sites for hydroxylation is 1. The van der Waals surface area contributed by atoms with Gasteiger partial charge in [0.05, 0.1) is 6.42 Å². The zero-order valence-corrected chi connectivity index (χ0v) is 17.9. The van der Waals surface area contributed by atoms with Crippen LogP contribution in [0.25, 0.3) is 11.1 Å². The number of hydrogen-bond donors (Lipinski definition) is 3. The monoisotopic (exact) mass is 452 g/mol. The Morgan fingerprint density at radius 2 is 1.72 bits per heavy atom. The van der Waals surface area contributed by atoms with Crippen molar-refractivity contribution in [1.29, 1.82) is 0 Å². The van der Waals surface area contributed by atoms with E-state index < -0.39 is 30.4 Å². The number of nitrogens with one attached hydrogen (secondary N) is 2. The summed E-state index contributed by atoms with van der Waals surface area (Å²) in [6, 6.07) is 14.5. The van der Waals surface area contributed by atoms with Crippen molar-refractivity contribution in [3.63, 3.8) is 0 Å². The second-order valence-corrected chi connectivity index (χ2v) is 8.01. The fourth-order valence-electron chi connectivity index (χ4n) is 3.71. The van der Waals surface area contributed by atoms with Crippen molar-refractivity contribution in [2.24, 2.45) is 0 Å². The van der Waals surface area contributed by atoms with Crippen LogP contribution in [0.1, 0.15) is 29.3 Å². The van der Waals surface area contributed by atoms with Gasteiger partial charge in [-0.05, 0) is 29.2 Å². The quantitative estimate of drug-likeness (QED) is 0.502. The van der Waals surface area contributed by atoms with Crippen molar-refractivity contribution >= 4 is 34.6 Å². The maximum atomic E-state index is 12.5. The average Bonchev–Trinajstić information content (AvgIpc) is 3.32. The van der Waals surface area contributed by atoms with Gasteiger partial charge in [-0.1, -0.05) is 48.5 Å². The molecule has 1 heterocycles. The normalized spacial score (nSPS) is 13.0. The van der Waals surface area contributed by atoms with Crippen molar-refractivity contribution in [2.45, 2.75) is 25.3 Å². The van der Waals surface area contributed by atoms with Crippen LogP contribution in [-0.4, -0.2) is 45.1 Å². The number of alkyl carbamates (subject to hydrolysis) is 1. The molecule has 0 spiro atoms. The first-order valence-corrected chi connectivity index (χ1v) is 10.6. The second kappa shape index (κ2) is 9.15. The molecule has 3 N–H and O–H groups in total. The number of ether oxygens (including phenoxy) is 1. The Kier molecular flexibility index (Phi) is 6.13. The van der Waals surface area contributed by atoms with Crippen LogP contribution in [0, 0.1) is 6.92 Å². The van der Waals surface area contributed by atoms with E-state index in [1.165, 1.54) is 0 Å². The summed E-state index contributed by atoms with van der Waals surface area (Å²) in [6.07, 6.45) is -1.48. The first-order valence-electron chi connectivity index (χ1n) is 9.87. The molecule has 1 aromatic heterocycles. The molecule has 1 unspecified atom stereocenters. The molecule has 0 saturated heterocycles. The smallest absolute Gasteiger partial charge is 0.407 e. The molecular weight excluding hydrogens is 432 g/mol. The maximum Gasteiger partial charge on any atom is 0.407 e. The summed E-state index contributed by atoms with van der Waals surface area (Å²) < 4.78 is 9.36. The van der Waals surface area contributed by atoms with Crippen LogP contribution in [0.4, 0.5) is 9.93 Å². The number of carboxylic acids is 1. The van der Waals surface area contributed by atoms with Crippen molar-refractivity contribution < 1.29 is 24.2 Å². The molecule has 9 nitrogen and oxygen atoms in total. The highest BCUT2D eigenvalue weighted by Crippen LogP contribution is 2.44. The lowest BCUT2D eigenvalue weighted by Crippen LogP contribution is -2.45. The number of carbonyl (C=O) groups is 3. The van der Waals surface area contributed by atoms with E-state index in [1.807, 2.05) is 48.5 Å². The number of anilines is 1. The number of fused-ring (bicyclic) bond motifs is 3. The van der Waals surface area contributed by atoms with E-state index in [9.17, 15) is 14.4 Å². The van der Waals surface area contributed by atoms with Gasteiger partial charge in [0, 0.05) is 17.5 Å². The molecule has 0 radical (unpaired) electrons. The lowest BCUT2D eigenvalue weighted by atomic mass is 9.98. The molecule has 1 atom stereocenters. The Bertz CT molecular complexity index is 1130. The van der Waals surface area contributed by atoms with E-state index in [0.717, 1.165) is 33.8 Å². The van der Waals surface area contributed by atoms with Crippen LogP contribution in [0.3, 0.4) is 0 Å². The van der Waals surface area contributed by atoms with Crippen LogP contribution in [0.15, 0.2) is 48.5 Å². The molecule has 2 amide bonds. The SMILES string of the molecule is Cc1nsc(NC(=O)C(CC(=O)O)NC(=O)OCC2c3ccccc3-c3ccccc32)n1. The first-order chi connectivity index (χ1) is 15.4. The number of rotatable bonds is 7. The summed E-state index contributed by atoms with van der Waals surface area (Å²) in [7, 11) is 0. The molecule has 10 heteroatoms. The van der Waals surface area contributed by atoms with Crippen molar-refractivity contribution in [1.82, 2.24) is 14.7 Å². The zero-order valence-electron chi connectivity index (χ0n) is 17.1. The van der Waals surface area contributed by atoms with Gasteiger partial charge >= 0.3 is 12.1 Å². The number of aromatic nitrogens is 2. The molecular formula is C22H20N4O5S. The lowest BCUT2D eigenvalue weighted by molar-refractivity contribution is -0.139. The van der Waals surface area contributed by atoms with E-state index in [2.05, 4.69) is 20.0 Å². The van der Waals surface area contributed by atoms with Gasteiger partial charge in [0.25, 0.3) is 0 Å². The number of hydrogen-bond acceptors (Lipinski definition) is 7. The topological polar surface area (TPSA) is 131 Å². The number of amides is 2. The van der Waals surface area contributed by atoms with Gasteiger partial charge in [-0.2, -0.15) is 4.37 Å². The van der Waals surface area contributed by atoms with Gasteiger partial charge in [-0.25, -0.2) is 9.78 Å².